The summed E-state index contributed by atoms with van der Waals surface area (Å²) in [5, 5.41) is 1.77. The largest absolute Gasteiger partial charge is 0.450 e. The highest BCUT2D eigenvalue weighted by Crippen LogP contribution is 2.33. The zero-order valence-corrected chi connectivity index (χ0v) is 12.1. The molecule has 0 fully saturated rings. The summed E-state index contributed by atoms with van der Waals surface area (Å²) in [5.41, 5.74) is 6.28. The standard InChI is InChI=1S/C13H10F3N5S/c1-7-5-10(17)20-12(18-7)21-6-8(9-3-2-4-22-9)19-11(21)13(14,15)16/h2-6H,1H3,(H2,17,18,20). The van der Waals surface area contributed by atoms with Crippen molar-refractivity contribution in [2.45, 2.75) is 13.1 Å². The molecule has 3 heterocycles. The maximum absolute atomic E-state index is 13.2. The molecule has 0 spiro atoms. The van der Waals surface area contributed by atoms with Gasteiger partial charge >= 0.3 is 6.18 Å². The van der Waals surface area contributed by atoms with Gasteiger partial charge < -0.3 is 5.73 Å². The molecule has 2 N–H and O–H groups in total. The number of aryl methyl sites for hydroxylation is 1. The molecule has 5 nitrogen and oxygen atoms in total. The van der Waals surface area contributed by atoms with Crippen molar-refractivity contribution in [3.63, 3.8) is 0 Å². The average molecular weight is 325 g/mol. The Kier molecular flexibility index (Phi) is 3.36. The summed E-state index contributed by atoms with van der Waals surface area (Å²) >= 11 is 1.30. The number of hydrogen-bond donors (Lipinski definition) is 1. The molecule has 0 bridgehead atoms. The monoisotopic (exact) mass is 325 g/mol. The van der Waals surface area contributed by atoms with Crippen LogP contribution in [0.2, 0.25) is 0 Å². The number of thiophene rings is 1. The molecule has 0 aliphatic rings. The van der Waals surface area contributed by atoms with Crippen molar-refractivity contribution in [1.82, 2.24) is 19.5 Å². The zero-order valence-electron chi connectivity index (χ0n) is 11.3. The molecular weight excluding hydrogens is 315 g/mol. The van der Waals surface area contributed by atoms with Crippen LogP contribution < -0.4 is 5.73 Å². The number of anilines is 1. The Morgan fingerprint density at radius 2 is 2.00 bits per heavy atom. The van der Waals surface area contributed by atoms with Gasteiger partial charge in [0.15, 0.2) is 0 Å². The summed E-state index contributed by atoms with van der Waals surface area (Å²) in [7, 11) is 0. The number of aromatic nitrogens is 4. The molecule has 0 radical (unpaired) electrons. The minimum absolute atomic E-state index is 0.0991. The molecule has 0 atom stereocenters. The van der Waals surface area contributed by atoms with Crippen LogP contribution in [0, 0.1) is 6.92 Å². The van der Waals surface area contributed by atoms with E-state index in [0.717, 1.165) is 4.57 Å². The Bertz CT molecular complexity index is 787. The van der Waals surface area contributed by atoms with Gasteiger partial charge in [0.05, 0.1) is 10.6 Å². The van der Waals surface area contributed by atoms with Gasteiger partial charge in [-0.1, -0.05) is 6.07 Å². The molecule has 0 unspecified atom stereocenters. The van der Waals surface area contributed by atoms with Crippen molar-refractivity contribution in [2.24, 2.45) is 0 Å². The third-order valence-electron chi connectivity index (χ3n) is 2.81. The second-order valence-electron chi connectivity index (χ2n) is 4.53. The van der Waals surface area contributed by atoms with E-state index in [0.29, 0.717) is 10.6 Å². The highest BCUT2D eigenvalue weighted by molar-refractivity contribution is 7.13. The molecular formula is C13H10F3N5S. The van der Waals surface area contributed by atoms with Crippen molar-refractivity contribution >= 4 is 17.2 Å². The van der Waals surface area contributed by atoms with Crippen LogP contribution in [0.25, 0.3) is 16.5 Å². The summed E-state index contributed by atoms with van der Waals surface area (Å²) in [4.78, 5) is 12.2. The predicted octanol–water partition coefficient (Wildman–Crippen LogP) is 3.30. The Hall–Kier alpha value is -2.42. The highest BCUT2D eigenvalue weighted by Gasteiger charge is 2.38. The normalized spacial score (nSPS) is 11.8. The van der Waals surface area contributed by atoms with Crippen LogP contribution in [0.4, 0.5) is 19.0 Å². The first-order valence-corrected chi connectivity index (χ1v) is 7.04. The van der Waals surface area contributed by atoms with E-state index in [-0.39, 0.29) is 17.5 Å². The van der Waals surface area contributed by atoms with Gasteiger partial charge in [-0.25, -0.2) is 9.97 Å². The SMILES string of the molecule is Cc1cc(N)nc(-n2cc(-c3cccs3)nc2C(F)(F)F)n1. The molecule has 22 heavy (non-hydrogen) atoms. The second-order valence-corrected chi connectivity index (χ2v) is 5.48. The van der Waals surface area contributed by atoms with Crippen LogP contribution in [0.1, 0.15) is 11.5 Å². The minimum Gasteiger partial charge on any atom is -0.384 e. The topological polar surface area (TPSA) is 69.6 Å². The fraction of sp³-hybridized carbons (Fsp3) is 0.154. The van der Waals surface area contributed by atoms with Gasteiger partial charge in [-0.15, -0.1) is 11.3 Å². The molecule has 114 valence electrons. The lowest BCUT2D eigenvalue weighted by Gasteiger charge is -2.09. The van der Waals surface area contributed by atoms with E-state index < -0.39 is 12.0 Å². The third kappa shape index (κ3) is 2.67. The smallest absolute Gasteiger partial charge is 0.384 e. The Morgan fingerprint density at radius 1 is 1.23 bits per heavy atom. The van der Waals surface area contributed by atoms with Gasteiger partial charge in [-0.05, 0) is 18.4 Å². The number of hydrogen-bond acceptors (Lipinski definition) is 5. The van der Waals surface area contributed by atoms with Crippen LogP contribution >= 0.6 is 11.3 Å². The molecule has 0 amide bonds. The lowest BCUT2D eigenvalue weighted by molar-refractivity contribution is -0.146. The van der Waals surface area contributed by atoms with Gasteiger partial charge in [0.25, 0.3) is 0 Å². The van der Waals surface area contributed by atoms with Crippen LogP contribution in [0.3, 0.4) is 0 Å². The van der Waals surface area contributed by atoms with Crippen LogP contribution in [-0.2, 0) is 6.18 Å². The number of halogens is 3. The van der Waals surface area contributed by atoms with Crippen molar-refractivity contribution in [2.75, 3.05) is 5.73 Å². The second kappa shape index (κ2) is 5.09. The van der Waals surface area contributed by atoms with Gasteiger partial charge in [0.1, 0.15) is 5.82 Å². The average Bonchev–Trinajstić information content (AvgIpc) is 3.06. The predicted molar refractivity (Wildman–Crippen MR) is 76.6 cm³/mol. The van der Waals surface area contributed by atoms with E-state index in [9.17, 15) is 13.2 Å². The zero-order chi connectivity index (χ0) is 15.9. The maximum Gasteiger partial charge on any atom is 0.450 e. The van der Waals surface area contributed by atoms with E-state index in [2.05, 4.69) is 15.0 Å². The first-order chi connectivity index (χ1) is 10.3. The summed E-state index contributed by atoms with van der Waals surface area (Å²) in [6.45, 7) is 1.63. The molecule has 0 aliphatic heterocycles. The summed E-state index contributed by atoms with van der Waals surface area (Å²) in [6, 6.07) is 4.92. The first kappa shape index (κ1) is 14.5. The van der Waals surface area contributed by atoms with E-state index in [1.807, 2.05) is 0 Å². The van der Waals surface area contributed by atoms with Crippen LogP contribution in [0.5, 0.6) is 0 Å². The molecule has 9 heteroatoms. The molecule has 0 aromatic carbocycles. The number of nitrogen functional groups attached to an aromatic ring is 1. The van der Waals surface area contributed by atoms with Gasteiger partial charge in [-0.3, -0.25) is 4.57 Å². The van der Waals surface area contributed by atoms with Crippen molar-refractivity contribution < 1.29 is 13.2 Å². The molecule has 3 rings (SSSR count). The molecule has 0 saturated carbocycles. The lowest BCUT2D eigenvalue weighted by Crippen LogP contribution is -2.16. The quantitative estimate of drug-likeness (QED) is 0.785. The summed E-state index contributed by atoms with van der Waals surface area (Å²) in [6.07, 6.45) is -3.36. The molecule has 3 aromatic heterocycles. The number of nitrogens with zero attached hydrogens (tertiary/aromatic N) is 4. The summed E-state index contributed by atoms with van der Waals surface area (Å²) < 4.78 is 40.5. The third-order valence-corrected chi connectivity index (χ3v) is 3.70. The summed E-state index contributed by atoms with van der Waals surface area (Å²) in [5.74, 6) is -1.14. The number of alkyl halides is 3. The molecule has 0 saturated heterocycles. The van der Waals surface area contributed by atoms with Crippen molar-refractivity contribution in [3.8, 4) is 16.5 Å². The van der Waals surface area contributed by atoms with Crippen LogP contribution in [0.15, 0.2) is 29.8 Å². The van der Waals surface area contributed by atoms with Gasteiger partial charge in [-0.2, -0.15) is 18.2 Å². The number of nitrogens with two attached hydrogens (primary N) is 1. The van der Waals surface area contributed by atoms with Crippen molar-refractivity contribution in [1.29, 1.82) is 0 Å². The Morgan fingerprint density at radius 3 is 2.59 bits per heavy atom. The maximum atomic E-state index is 13.2. The van der Waals surface area contributed by atoms with Crippen molar-refractivity contribution in [3.05, 3.63) is 41.3 Å². The van der Waals surface area contributed by atoms with E-state index in [4.69, 9.17) is 5.73 Å². The van der Waals surface area contributed by atoms with E-state index in [1.54, 1.807) is 24.4 Å². The van der Waals surface area contributed by atoms with Crippen LogP contribution in [-0.4, -0.2) is 19.5 Å². The van der Waals surface area contributed by atoms with E-state index >= 15 is 0 Å². The molecule has 0 aliphatic carbocycles. The fourth-order valence-corrected chi connectivity index (χ4v) is 2.64. The van der Waals surface area contributed by atoms with E-state index in [1.165, 1.54) is 23.6 Å². The first-order valence-electron chi connectivity index (χ1n) is 6.16. The fourth-order valence-electron chi connectivity index (χ4n) is 1.96. The number of rotatable bonds is 2. The Labute approximate surface area is 127 Å². The molecule has 3 aromatic rings. The number of imidazole rings is 1. The highest BCUT2D eigenvalue weighted by atomic mass is 32.1. The Balaban J connectivity index is 2.21. The lowest BCUT2D eigenvalue weighted by atomic mass is 10.4. The van der Waals surface area contributed by atoms with Gasteiger partial charge in [0.2, 0.25) is 11.8 Å². The van der Waals surface area contributed by atoms with Gasteiger partial charge in [0, 0.05) is 18.0 Å². The minimum atomic E-state index is -4.63.